The molecule has 25 heavy (non-hydrogen) atoms. The molecular weight excluding hydrogens is 343 g/mol. The third-order valence-corrected chi connectivity index (χ3v) is 3.95. The first-order valence-electron chi connectivity index (χ1n) is 7.72. The summed E-state index contributed by atoms with van der Waals surface area (Å²) < 4.78 is 70.8. The van der Waals surface area contributed by atoms with Crippen LogP contribution in [-0.2, 0) is 12.8 Å². The van der Waals surface area contributed by atoms with E-state index in [1.807, 2.05) is 6.92 Å². The first-order valence-corrected chi connectivity index (χ1v) is 7.72. The fourth-order valence-electron chi connectivity index (χ4n) is 2.48. The van der Waals surface area contributed by atoms with Crippen LogP contribution in [0.2, 0.25) is 0 Å². The first-order chi connectivity index (χ1) is 11.5. The Hall–Kier alpha value is -2.12. The molecule has 138 valence electrons. The van der Waals surface area contributed by atoms with E-state index in [1.54, 1.807) is 10.8 Å². The molecule has 8 heteroatoms. The number of imidazole rings is 1. The Morgan fingerprint density at radius 1 is 1.20 bits per heavy atom. The van der Waals surface area contributed by atoms with Gasteiger partial charge in [-0.2, -0.15) is 22.0 Å². The van der Waals surface area contributed by atoms with Gasteiger partial charge in [-0.3, -0.25) is 0 Å². The van der Waals surface area contributed by atoms with Gasteiger partial charge in [0.15, 0.2) is 0 Å². The summed E-state index contributed by atoms with van der Waals surface area (Å²) >= 11 is 0. The van der Waals surface area contributed by atoms with Gasteiger partial charge >= 0.3 is 12.8 Å². The van der Waals surface area contributed by atoms with Crippen LogP contribution in [0.1, 0.15) is 32.2 Å². The molecule has 0 saturated heterocycles. The zero-order chi connectivity index (χ0) is 18.8. The molecule has 0 unspecified atom stereocenters. The normalized spacial score (nSPS) is 12.7. The Bertz CT molecular complexity index is 722. The lowest BCUT2D eigenvalue weighted by Gasteiger charge is -2.28. The second-order valence-electron chi connectivity index (χ2n) is 6.31. The van der Waals surface area contributed by atoms with Crippen LogP contribution >= 0.6 is 0 Å². The molecule has 1 heterocycles. The smallest absolute Gasteiger partial charge is 0.394 e. The maximum absolute atomic E-state index is 13.1. The third kappa shape index (κ3) is 4.29. The number of halogens is 5. The molecule has 0 aliphatic rings. The van der Waals surface area contributed by atoms with Crippen molar-refractivity contribution in [2.45, 2.75) is 46.4 Å². The lowest BCUT2D eigenvalue weighted by Crippen LogP contribution is -2.34. The summed E-state index contributed by atoms with van der Waals surface area (Å²) in [6, 6.07) is 4.19. The third-order valence-electron chi connectivity index (χ3n) is 3.95. The second-order valence-corrected chi connectivity index (χ2v) is 6.31. The standard InChI is InChI=1S/C17H19F5N2O/c1-4-14-23-7-8-24(14)12-6-5-11(9-13(12)25-15(18)19)10-16(2,3)17(20,21)22/h5-9,15H,4,10H2,1-3H3. The summed E-state index contributed by atoms with van der Waals surface area (Å²) in [5.41, 5.74) is -1.41. The van der Waals surface area contributed by atoms with Gasteiger partial charge in [0.2, 0.25) is 0 Å². The quantitative estimate of drug-likeness (QED) is 0.663. The van der Waals surface area contributed by atoms with Gasteiger partial charge in [0.25, 0.3) is 0 Å². The van der Waals surface area contributed by atoms with Crippen molar-refractivity contribution in [3.05, 3.63) is 42.0 Å². The fraction of sp³-hybridized carbons (Fsp3) is 0.471. The number of aromatic nitrogens is 2. The molecule has 0 spiro atoms. The van der Waals surface area contributed by atoms with Gasteiger partial charge in [0.05, 0.1) is 11.1 Å². The van der Waals surface area contributed by atoms with Crippen molar-refractivity contribution in [2.24, 2.45) is 5.41 Å². The van der Waals surface area contributed by atoms with Gasteiger partial charge in [-0.25, -0.2) is 4.98 Å². The molecule has 0 aliphatic carbocycles. The minimum absolute atomic E-state index is 0.182. The minimum atomic E-state index is -4.41. The molecule has 2 aromatic rings. The predicted octanol–water partition coefficient (Wildman–Crippen LogP) is 5.17. The van der Waals surface area contributed by atoms with Crippen LogP contribution in [0.3, 0.4) is 0 Å². The van der Waals surface area contributed by atoms with Crippen molar-refractivity contribution in [1.82, 2.24) is 9.55 Å². The van der Waals surface area contributed by atoms with E-state index in [-0.39, 0.29) is 17.7 Å². The highest BCUT2D eigenvalue weighted by Gasteiger charge is 2.47. The maximum atomic E-state index is 13.1. The van der Waals surface area contributed by atoms with Crippen LogP contribution < -0.4 is 4.74 Å². The summed E-state index contributed by atoms with van der Waals surface area (Å²) in [5.74, 6) is 0.445. The van der Waals surface area contributed by atoms with Crippen LogP contribution in [0.15, 0.2) is 30.6 Å². The van der Waals surface area contributed by atoms with Gasteiger partial charge in [0.1, 0.15) is 11.6 Å². The summed E-state index contributed by atoms with van der Waals surface area (Å²) in [6.07, 6.45) is -1.09. The molecule has 0 fully saturated rings. The molecule has 0 aliphatic heterocycles. The van der Waals surface area contributed by atoms with E-state index >= 15 is 0 Å². The van der Waals surface area contributed by atoms with E-state index < -0.39 is 18.2 Å². The minimum Gasteiger partial charge on any atom is -0.433 e. The number of benzene rings is 1. The highest BCUT2D eigenvalue weighted by atomic mass is 19.4. The Balaban J connectivity index is 2.44. The molecule has 0 atom stereocenters. The molecule has 1 aromatic carbocycles. The lowest BCUT2D eigenvalue weighted by atomic mass is 9.85. The Labute approximate surface area is 142 Å². The summed E-state index contributed by atoms with van der Waals surface area (Å²) in [6.45, 7) is 0.907. The number of nitrogens with zero attached hydrogens (tertiary/aromatic N) is 2. The zero-order valence-electron chi connectivity index (χ0n) is 14.1. The van der Waals surface area contributed by atoms with Crippen molar-refractivity contribution in [3.63, 3.8) is 0 Å². The Morgan fingerprint density at radius 3 is 2.44 bits per heavy atom. The van der Waals surface area contributed by atoms with Gasteiger partial charge < -0.3 is 9.30 Å². The van der Waals surface area contributed by atoms with Gasteiger partial charge in [-0.05, 0) is 24.1 Å². The van der Waals surface area contributed by atoms with Crippen molar-refractivity contribution in [1.29, 1.82) is 0 Å². The summed E-state index contributed by atoms with van der Waals surface area (Å²) in [5, 5.41) is 0. The van der Waals surface area contributed by atoms with Crippen molar-refractivity contribution in [3.8, 4) is 11.4 Å². The monoisotopic (exact) mass is 362 g/mol. The molecule has 0 amide bonds. The van der Waals surface area contributed by atoms with Crippen molar-refractivity contribution >= 4 is 0 Å². The van der Waals surface area contributed by atoms with Crippen LogP contribution in [0.25, 0.3) is 5.69 Å². The topological polar surface area (TPSA) is 27.1 Å². The van der Waals surface area contributed by atoms with E-state index in [0.717, 1.165) is 13.8 Å². The average molecular weight is 362 g/mol. The highest BCUT2D eigenvalue weighted by Crippen LogP contribution is 2.41. The SMILES string of the molecule is CCc1nccn1-c1ccc(CC(C)(C)C(F)(F)F)cc1OC(F)F. The summed E-state index contributed by atoms with van der Waals surface area (Å²) in [4.78, 5) is 4.12. The molecule has 0 bridgehead atoms. The molecular formula is C17H19F5N2O. The van der Waals surface area contributed by atoms with Gasteiger partial charge in [-0.1, -0.05) is 26.8 Å². The number of hydrogen-bond donors (Lipinski definition) is 0. The van der Waals surface area contributed by atoms with Gasteiger partial charge in [-0.15, -0.1) is 0 Å². The van der Waals surface area contributed by atoms with E-state index in [9.17, 15) is 22.0 Å². The lowest BCUT2D eigenvalue weighted by molar-refractivity contribution is -0.211. The molecule has 3 nitrogen and oxygen atoms in total. The highest BCUT2D eigenvalue weighted by molar-refractivity contribution is 5.50. The Kier molecular flexibility index (Phi) is 5.39. The largest absolute Gasteiger partial charge is 0.433 e. The molecule has 1 aromatic heterocycles. The molecule has 0 radical (unpaired) electrons. The van der Waals surface area contributed by atoms with Crippen LogP contribution in [0, 0.1) is 5.41 Å². The predicted molar refractivity (Wildman–Crippen MR) is 83.1 cm³/mol. The number of aryl methyl sites for hydroxylation is 1. The fourth-order valence-corrected chi connectivity index (χ4v) is 2.48. The van der Waals surface area contributed by atoms with Crippen LogP contribution in [0.5, 0.6) is 5.75 Å². The zero-order valence-corrected chi connectivity index (χ0v) is 14.1. The number of hydrogen-bond acceptors (Lipinski definition) is 2. The van der Waals surface area contributed by atoms with E-state index in [0.29, 0.717) is 17.9 Å². The number of rotatable bonds is 6. The summed E-state index contributed by atoms with van der Waals surface area (Å²) in [7, 11) is 0. The Morgan fingerprint density at radius 2 is 1.88 bits per heavy atom. The molecule has 0 saturated carbocycles. The van der Waals surface area contributed by atoms with Crippen LogP contribution in [0.4, 0.5) is 22.0 Å². The van der Waals surface area contributed by atoms with Gasteiger partial charge in [0, 0.05) is 18.8 Å². The van der Waals surface area contributed by atoms with Crippen LogP contribution in [-0.4, -0.2) is 22.3 Å². The second kappa shape index (κ2) is 7.01. The van der Waals surface area contributed by atoms with Crippen molar-refractivity contribution in [2.75, 3.05) is 0 Å². The molecule has 0 N–H and O–H groups in total. The number of ether oxygens (including phenoxy) is 1. The average Bonchev–Trinajstić information content (AvgIpc) is 2.93. The van der Waals surface area contributed by atoms with Crippen molar-refractivity contribution < 1.29 is 26.7 Å². The van der Waals surface area contributed by atoms with E-state index in [1.165, 1.54) is 24.4 Å². The number of alkyl halides is 5. The first kappa shape index (κ1) is 19.2. The molecule has 2 rings (SSSR count). The van der Waals surface area contributed by atoms with E-state index in [4.69, 9.17) is 0 Å². The van der Waals surface area contributed by atoms with E-state index in [2.05, 4.69) is 9.72 Å². The maximum Gasteiger partial charge on any atom is 0.394 e.